The van der Waals surface area contributed by atoms with Crippen LogP contribution in [0.1, 0.15) is 24.8 Å². The number of nitrogens with zero attached hydrogens (tertiary/aromatic N) is 2. The molecule has 2 bridgehead atoms. The van der Waals surface area contributed by atoms with Crippen LogP contribution in [0.5, 0.6) is 0 Å². The second-order valence-corrected chi connectivity index (χ2v) is 7.42. The summed E-state index contributed by atoms with van der Waals surface area (Å²) in [6.45, 7) is 0.776. The van der Waals surface area contributed by atoms with Crippen LogP contribution in [-0.4, -0.2) is 37.9 Å². The SMILES string of the molecule is N#Cc1c(F)cccc1S(=O)(=O)N1CCC2CCC(C1)N2. The van der Waals surface area contributed by atoms with Gasteiger partial charge in [-0.05, 0) is 31.4 Å². The molecule has 1 N–H and O–H groups in total. The van der Waals surface area contributed by atoms with Gasteiger partial charge in [-0.1, -0.05) is 6.07 Å². The summed E-state index contributed by atoms with van der Waals surface area (Å²) in [5.41, 5.74) is -0.403. The van der Waals surface area contributed by atoms with E-state index in [0.717, 1.165) is 25.3 Å². The highest BCUT2D eigenvalue weighted by atomic mass is 32.2. The molecule has 2 aliphatic rings. The first-order chi connectivity index (χ1) is 10.0. The summed E-state index contributed by atoms with van der Waals surface area (Å²) in [5.74, 6) is -0.798. The molecule has 0 aliphatic carbocycles. The fourth-order valence-corrected chi connectivity index (χ4v) is 4.75. The topological polar surface area (TPSA) is 73.2 Å². The summed E-state index contributed by atoms with van der Waals surface area (Å²) in [7, 11) is -3.84. The van der Waals surface area contributed by atoms with Crippen molar-refractivity contribution in [3.05, 3.63) is 29.6 Å². The van der Waals surface area contributed by atoms with Gasteiger partial charge < -0.3 is 5.32 Å². The Morgan fingerprint density at radius 1 is 1.29 bits per heavy atom. The fourth-order valence-electron chi connectivity index (χ4n) is 3.10. The maximum atomic E-state index is 13.7. The zero-order valence-electron chi connectivity index (χ0n) is 11.4. The molecule has 112 valence electrons. The number of hydrogen-bond donors (Lipinski definition) is 1. The van der Waals surface area contributed by atoms with Crippen LogP contribution in [0.4, 0.5) is 4.39 Å². The number of fused-ring (bicyclic) bond motifs is 2. The molecule has 1 aromatic carbocycles. The lowest BCUT2D eigenvalue weighted by Gasteiger charge is -2.24. The lowest BCUT2D eigenvalue weighted by atomic mass is 10.1. The third kappa shape index (κ3) is 2.55. The lowest BCUT2D eigenvalue weighted by molar-refractivity contribution is 0.383. The Bertz CT molecular complexity index is 699. The van der Waals surface area contributed by atoms with Crippen molar-refractivity contribution in [1.29, 1.82) is 5.26 Å². The van der Waals surface area contributed by atoms with Gasteiger partial charge in [0.15, 0.2) is 0 Å². The molecule has 3 rings (SSSR count). The van der Waals surface area contributed by atoms with E-state index in [2.05, 4.69) is 5.32 Å². The van der Waals surface area contributed by atoms with Crippen molar-refractivity contribution in [2.24, 2.45) is 0 Å². The van der Waals surface area contributed by atoms with Crippen molar-refractivity contribution in [2.45, 2.75) is 36.2 Å². The molecule has 0 saturated carbocycles. The van der Waals surface area contributed by atoms with Gasteiger partial charge in [0, 0.05) is 25.2 Å². The number of benzene rings is 1. The number of hydrogen-bond acceptors (Lipinski definition) is 4. The molecular formula is C14H16FN3O2S. The van der Waals surface area contributed by atoms with Crippen LogP contribution in [0, 0.1) is 17.1 Å². The number of rotatable bonds is 2. The van der Waals surface area contributed by atoms with Crippen LogP contribution >= 0.6 is 0 Å². The first-order valence-corrected chi connectivity index (χ1v) is 8.41. The van der Waals surface area contributed by atoms with Gasteiger partial charge in [-0.3, -0.25) is 0 Å². The maximum Gasteiger partial charge on any atom is 0.244 e. The Labute approximate surface area is 123 Å². The van der Waals surface area contributed by atoms with Gasteiger partial charge in [-0.15, -0.1) is 0 Å². The minimum Gasteiger partial charge on any atom is -0.310 e. The van der Waals surface area contributed by atoms with E-state index in [1.807, 2.05) is 0 Å². The van der Waals surface area contributed by atoms with Crippen molar-refractivity contribution in [3.8, 4) is 6.07 Å². The van der Waals surface area contributed by atoms with Gasteiger partial charge in [0.25, 0.3) is 0 Å². The van der Waals surface area contributed by atoms with Crippen molar-refractivity contribution < 1.29 is 12.8 Å². The Hall–Kier alpha value is -1.49. The molecule has 0 spiro atoms. The monoisotopic (exact) mass is 309 g/mol. The van der Waals surface area contributed by atoms with Crippen molar-refractivity contribution in [2.75, 3.05) is 13.1 Å². The van der Waals surface area contributed by atoms with Crippen molar-refractivity contribution in [1.82, 2.24) is 9.62 Å². The second-order valence-electron chi connectivity index (χ2n) is 5.51. The first-order valence-electron chi connectivity index (χ1n) is 6.97. The zero-order valence-corrected chi connectivity index (χ0v) is 12.2. The summed E-state index contributed by atoms with van der Waals surface area (Å²) >= 11 is 0. The van der Waals surface area contributed by atoms with Crippen molar-refractivity contribution in [3.63, 3.8) is 0 Å². The lowest BCUT2D eigenvalue weighted by Crippen LogP contribution is -2.39. The third-order valence-corrected chi connectivity index (χ3v) is 6.10. The smallest absolute Gasteiger partial charge is 0.244 e. The molecular weight excluding hydrogens is 293 g/mol. The minimum atomic E-state index is -3.84. The summed E-state index contributed by atoms with van der Waals surface area (Å²) < 4.78 is 40.5. The number of halogens is 1. The minimum absolute atomic E-state index is 0.145. The summed E-state index contributed by atoms with van der Waals surface area (Å²) in [6.07, 6.45) is 2.76. The van der Waals surface area contributed by atoms with Crippen molar-refractivity contribution >= 4 is 10.0 Å². The van der Waals surface area contributed by atoms with E-state index in [0.29, 0.717) is 19.1 Å². The Morgan fingerprint density at radius 2 is 2.05 bits per heavy atom. The molecule has 0 radical (unpaired) electrons. The van der Waals surface area contributed by atoms with E-state index < -0.39 is 21.4 Å². The predicted octanol–water partition coefficient (Wildman–Crippen LogP) is 1.21. The highest BCUT2D eigenvalue weighted by molar-refractivity contribution is 7.89. The van der Waals surface area contributed by atoms with E-state index in [9.17, 15) is 12.8 Å². The van der Waals surface area contributed by atoms with Gasteiger partial charge in [-0.25, -0.2) is 12.8 Å². The van der Waals surface area contributed by atoms with Gasteiger partial charge in [0.2, 0.25) is 10.0 Å². The van der Waals surface area contributed by atoms with Gasteiger partial charge in [-0.2, -0.15) is 9.57 Å². The third-order valence-electron chi connectivity index (χ3n) is 4.19. The Morgan fingerprint density at radius 3 is 2.81 bits per heavy atom. The number of sulfonamides is 1. The highest BCUT2D eigenvalue weighted by Gasteiger charge is 2.36. The predicted molar refractivity (Wildman–Crippen MR) is 74.4 cm³/mol. The number of nitriles is 1. The van der Waals surface area contributed by atoms with E-state index in [1.54, 1.807) is 6.07 Å². The van der Waals surface area contributed by atoms with Crippen LogP contribution in [-0.2, 0) is 10.0 Å². The maximum absolute atomic E-state index is 13.7. The molecule has 0 aromatic heterocycles. The zero-order chi connectivity index (χ0) is 15.0. The van der Waals surface area contributed by atoms with Crippen LogP contribution < -0.4 is 5.32 Å². The molecule has 2 saturated heterocycles. The van der Waals surface area contributed by atoms with E-state index in [-0.39, 0.29) is 10.9 Å². The van der Waals surface area contributed by atoms with Gasteiger partial charge >= 0.3 is 0 Å². The summed E-state index contributed by atoms with van der Waals surface area (Å²) in [4.78, 5) is -0.234. The molecule has 7 heteroatoms. The van der Waals surface area contributed by atoms with E-state index >= 15 is 0 Å². The molecule has 2 atom stereocenters. The Kier molecular flexibility index (Phi) is 3.69. The average Bonchev–Trinajstić information content (AvgIpc) is 2.77. The molecule has 0 amide bonds. The van der Waals surface area contributed by atoms with Gasteiger partial charge in [0.05, 0.1) is 0 Å². The van der Waals surface area contributed by atoms with Crippen LogP contribution in [0.3, 0.4) is 0 Å². The molecule has 21 heavy (non-hydrogen) atoms. The Balaban J connectivity index is 1.98. The molecule has 1 aromatic rings. The number of nitrogens with one attached hydrogen (secondary N) is 1. The molecule has 2 heterocycles. The van der Waals surface area contributed by atoms with E-state index in [4.69, 9.17) is 5.26 Å². The normalized spacial score (nSPS) is 26.3. The summed E-state index contributed by atoms with van der Waals surface area (Å²) in [6, 6.07) is 5.89. The van der Waals surface area contributed by atoms with E-state index in [1.165, 1.54) is 16.4 Å². The van der Waals surface area contributed by atoms with Crippen LogP contribution in [0.25, 0.3) is 0 Å². The quantitative estimate of drug-likeness (QED) is 0.891. The second kappa shape index (κ2) is 5.37. The summed E-state index contributed by atoms with van der Waals surface area (Å²) in [5, 5.41) is 12.4. The standard InChI is InChI=1S/C14H16FN3O2S/c15-13-2-1-3-14(12(13)8-16)21(19,20)18-7-6-10-4-5-11(9-18)17-10/h1-3,10-11,17H,4-7,9H2. The molecule has 2 fully saturated rings. The molecule has 2 unspecified atom stereocenters. The van der Waals surface area contributed by atoms with Gasteiger partial charge in [0.1, 0.15) is 22.3 Å². The average molecular weight is 309 g/mol. The molecule has 2 aliphatic heterocycles. The fraction of sp³-hybridized carbons (Fsp3) is 0.500. The molecule has 5 nitrogen and oxygen atoms in total. The van der Waals surface area contributed by atoms with Crippen LogP contribution in [0.15, 0.2) is 23.1 Å². The van der Waals surface area contributed by atoms with Crippen LogP contribution in [0.2, 0.25) is 0 Å². The highest BCUT2D eigenvalue weighted by Crippen LogP contribution is 2.27. The largest absolute Gasteiger partial charge is 0.310 e. The first kappa shape index (κ1) is 14.4.